The second-order valence-corrected chi connectivity index (χ2v) is 11.5. The number of phenolic OH excluding ortho intramolecular Hbond substituents is 2. The van der Waals surface area contributed by atoms with Crippen LogP contribution < -0.4 is 10.1 Å². The maximum Gasteiger partial charge on any atom is 0.430 e. The third-order valence-corrected chi connectivity index (χ3v) is 8.12. The zero-order valence-corrected chi connectivity index (χ0v) is 25.4. The molecule has 1 saturated heterocycles. The number of nitrogens with one attached hydrogen (secondary N) is 1. The molecule has 0 bridgehead atoms. The molecule has 3 aromatic rings. The molecule has 0 aromatic heterocycles. The first-order valence-corrected chi connectivity index (χ1v) is 14.5. The Labute approximate surface area is 272 Å². The van der Waals surface area contributed by atoms with Gasteiger partial charge in [-0.15, -0.1) is 0 Å². The highest BCUT2D eigenvalue weighted by molar-refractivity contribution is 6.07. The molecule has 8 nitrogen and oxygen atoms in total. The van der Waals surface area contributed by atoms with Crippen LogP contribution in [-0.4, -0.2) is 57.7 Å². The van der Waals surface area contributed by atoms with Gasteiger partial charge in [0.1, 0.15) is 11.3 Å². The summed E-state index contributed by atoms with van der Waals surface area (Å²) in [5.74, 6) is -1.76. The van der Waals surface area contributed by atoms with E-state index in [1.165, 1.54) is 13.0 Å². The Balaban J connectivity index is 1.48. The van der Waals surface area contributed by atoms with Crippen molar-refractivity contribution in [3.8, 4) is 17.2 Å². The summed E-state index contributed by atoms with van der Waals surface area (Å²) in [6.45, 7) is 1.11. The van der Waals surface area contributed by atoms with Gasteiger partial charge in [-0.2, -0.15) is 39.5 Å². The van der Waals surface area contributed by atoms with E-state index >= 15 is 0 Å². The predicted molar refractivity (Wildman–Crippen MR) is 153 cm³/mol. The Hall–Kier alpha value is -4.67. The van der Waals surface area contributed by atoms with Crippen molar-refractivity contribution in [3.63, 3.8) is 0 Å². The van der Waals surface area contributed by atoms with E-state index in [4.69, 9.17) is 4.74 Å². The molecule has 1 unspecified atom stereocenters. The molecule has 0 radical (unpaired) electrons. The van der Waals surface area contributed by atoms with Crippen LogP contribution in [0.4, 0.5) is 44.3 Å². The van der Waals surface area contributed by atoms with Gasteiger partial charge in [-0.25, -0.2) is 4.79 Å². The summed E-state index contributed by atoms with van der Waals surface area (Å²) < 4.78 is 126. The van der Waals surface area contributed by atoms with E-state index in [1.54, 1.807) is 0 Å². The molecule has 0 aliphatic carbocycles. The molecular weight excluding hydrogens is 679 g/mol. The lowest BCUT2D eigenvalue weighted by molar-refractivity contribution is -0.376. The Morgan fingerprint density at radius 1 is 0.776 bits per heavy atom. The zero-order chi connectivity index (χ0) is 36.6. The number of rotatable bonds is 11. The predicted octanol–water partition coefficient (Wildman–Crippen LogP) is 6.84. The van der Waals surface area contributed by atoms with Gasteiger partial charge in [-0.1, -0.05) is 24.3 Å². The van der Waals surface area contributed by atoms with Crippen LogP contribution >= 0.6 is 0 Å². The van der Waals surface area contributed by atoms with Gasteiger partial charge in [0.05, 0.1) is 12.2 Å². The number of imide groups is 1. The molecule has 3 amide bonds. The van der Waals surface area contributed by atoms with Crippen LogP contribution in [0.25, 0.3) is 0 Å². The molecule has 1 atom stereocenters. The standard InChI is InChI=1S/C32H29F9N2O6/c1-28(21-10-12-23(44)24(45)17-21)26(46)43(27(47)42-28)14-2-3-15-49-25-13-11-22(29(48,31(36,37)38)32(39,40)41)16-19(25)7-4-18-5-8-20(9-6-18)30(33,34)35/h5-6,8-13,16-17,44-45,48H,2-4,7,14-15H2,1H3,(H,42,47). The zero-order valence-electron chi connectivity index (χ0n) is 25.4. The summed E-state index contributed by atoms with van der Waals surface area (Å²) in [5, 5.41) is 31.8. The number of nitrogens with zero attached hydrogens (tertiary/aromatic N) is 1. The minimum Gasteiger partial charge on any atom is -0.504 e. The SMILES string of the molecule is CC1(c2ccc(O)c(O)c2)NC(=O)N(CCCCOc2ccc(C(O)(C(F)(F)F)C(F)(F)F)cc2CCc2ccc(C(F)(F)F)cc2)C1=O. The van der Waals surface area contributed by atoms with Crippen molar-refractivity contribution in [1.82, 2.24) is 10.2 Å². The van der Waals surface area contributed by atoms with Crippen LogP contribution in [-0.2, 0) is 35.0 Å². The Kier molecular flexibility index (Phi) is 10.1. The molecule has 0 saturated carbocycles. The Morgan fingerprint density at radius 3 is 1.96 bits per heavy atom. The maximum atomic E-state index is 13.6. The first kappa shape index (κ1) is 37.2. The van der Waals surface area contributed by atoms with Gasteiger partial charge in [0.25, 0.3) is 11.5 Å². The van der Waals surface area contributed by atoms with Gasteiger partial charge < -0.3 is 25.4 Å². The van der Waals surface area contributed by atoms with Gasteiger partial charge in [0.2, 0.25) is 0 Å². The van der Waals surface area contributed by atoms with Gasteiger partial charge >= 0.3 is 24.6 Å². The monoisotopic (exact) mass is 708 g/mol. The number of carbonyl (C=O) groups is 2. The second-order valence-electron chi connectivity index (χ2n) is 11.5. The van der Waals surface area contributed by atoms with Gasteiger partial charge in [-0.3, -0.25) is 9.69 Å². The first-order valence-electron chi connectivity index (χ1n) is 14.5. The largest absolute Gasteiger partial charge is 0.504 e. The number of alkyl halides is 9. The van der Waals surface area contributed by atoms with Gasteiger partial charge in [-0.05, 0) is 85.7 Å². The van der Waals surface area contributed by atoms with E-state index in [0.717, 1.165) is 47.4 Å². The fourth-order valence-corrected chi connectivity index (χ4v) is 5.25. The number of aryl methyl sites for hydroxylation is 2. The number of urea groups is 1. The van der Waals surface area contributed by atoms with E-state index in [0.29, 0.717) is 12.1 Å². The summed E-state index contributed by atoms with van der Waals surface area (Å²) in [6.07, 6.45) is -17.0. The number of carbonyl (C=O) groups excluding carboxylic acids is 2. The van der Waals surface area contributed by atoms with Crippen LogP contribution in [0.15, 0.2) is 60.7 Å². The molecule has 1 aliphatic rings. The molecule has 4 rings (SSSR count). The van der Waals surface area contributed by atoms with E-state index in [9.17, 15) is 64.4 Å². The van der Waals surface area contributed by atoms with Crippen molar-refractivity contribution in [2.75, 3.05) is 13.2 Å². The average Bonchev–Trinajstić information content (AvgIpc) is 3.23. The summed E-state index contributed by atoms with van der Waals surface area (Å²) in [5.41, 5.74) is -9.00. The van der Waals surface area contributed by atoms with Crippen molar-refractivity contribution in [1.29, 1.82) is 0 Å². The topological polar surface area (TPSA) is 119 Å². The minimum atomic E-state index is -6.16. The minimum absolute atomic E-state index is 0.113. The highest BCUT2D eigenvalue weighted by Gasteiger charge is 2.71. The summed E-state index contributed by atoms with van der Waals surface area (Å²) in [7, 11) is 0. The van der Waals surface area contributed by atoms with Crippen LogP contribution in [0.3, 0.4) is 0 Å². The van der Waals surface area contributed by atoms with Crippen molar-refractivity contribution < 1.29 is 69.2 Å². The van der Waals surface area contributed by atoms with Crippen molar-refractivity contribution in [2.24, 2.45) is 0 Å². The number of amides is 3. The lowest BCUT2D eigenvalue weighted by Gasteiger charge is -2.33. The number of hydrogen-bond donors (Lipinski definition) is 4. The van der Waals surface area contributed by atoms with E-state index < -0.39 is 64.2 Å². The molecule has 0 spiro atoms. The first-order chi connectivity index (χ1) is 22.6. The molecule has 266 valence electrons. The number of hydrogen-bond acceptors (Lipinski definition) is 6. The highest BCUT2D eigenvalue weighted by atomic mass is 19.4. The third kappa shape index (κ3) is 7.50. The molecule has 1 fully saturated rings. The lowest BCUT2D eigenvalue weighted by atomic mass is 9.89. The lowest BCUT2D eigenvalue weighted by Crippen LogP contribution is -2.53. The average molecular weight is 709 g/mol. The smallest absolute Gasteiger partial charge is 0.430 e. The highest BCUT2D eigenvalue weighted by Crippen LogP contribution is 2.50. The van der Waals surface area contributed by atoms with Crippen LogP contribution in [0.2, 0.25) is 0 Å². The van der Waals surface area contributed by atoms with E-state index in [-0.39, 0.29) is 61.3 Å². The molecule has 1 heterocycles. The molecular formula is C32H29F9N2O6. The van der Waals surface area contributed by atoms with Crippen molar-refractivity contribution in [2.45, 2.75) is 62.3 Å². The number of halogens is 9. The maximum absolute atomic E-state index is 13.6. The van der Waals surface area contributed by atoms with Crippen LogP contribution in [0.1, 0.15) is 47.6 Å². The fourth-order valence-electron chi connectivity index (χ4n) is 5.25. The normalized spacial score (nSPS) is 17.4. The van der Waals surface area contributed by atoms with Crippen molar-refractivity contribution >= 4 is 11.9 Å². The molecule has 17 heteroatoms. The summed E-state index contributed by atoms with van der Waals surface area (Å²) in [4.78, 5) is 26.6. The number of unbranched alkanes of at least 4 members (excludes halogenated alkanes) is 1. The van der Waals surface area contributed by atoms with E-state index in [2.05, 4.69) is 5.32 Å². The fraction of sp³-hybridized carbons (Fsp3) is 0.375. The van der Waals surface area contributed by atoms with E-state index in [1.807, 2.05) is 0 Å². The number of benzene rings is 3. The van der Waals surface area contributed by atoms with Gasteiger partial charge in [0, 0.05) is 12.1 Å². The summed E-state index contributed by atoms with van der Waals surface area (Å²) >= 11 is 0. The Morgan fingerprint density at radius 2 is 1.39 bits per heavy atom. The molecule has 1 aliphatic heterocycles. The quantitative estimate of drug-likeness (QED) is 0.0750. The number of aromatic hydroxyl groups is 2. The van der Waals surface area contributed by atoms with Crippen molar-refractivity contribution in [3.05, 3.63) is 88.5 Å². The van der Waals surface area contributed by atoms with Crippen LogP contribution in [0.5, 0.6) is 17.2 Å². The molecule has 49 heavy (non-hydrogen) atoms. The molecule has 3 aromatic carbocycles. The number of phenols is 2. The van der Waals surface area contributed by atoms with Crippen LogP contribution in [0, 0.1) is 0 Å². The number of ether oxygens (including phenoxy) is 1. The van der Waals surface area contributed by atoms with Gasteiger partial charge in [0.15, 0.2) is 11.5 Å². The number of aliphatic hydroxyl groups is 1. The second kappa shape index (κ2) is 13.3. The summed E-state index contributed by atoms with van der Waals surface area (Å²) in [6, 6.07) is 8.34. The third-order valence-electron chi connectivity index (χ3n) is 8.12. The molecule has 4 N–H and O–H groups in total. The Bertz CT molecular complexity index is 1680.